The molecule has 3 heteroatoms. The smallest absolute Gasteiger partial charge is 0.0930 e. The van der Waals surface area contributed by atoms with Crippen LogP contribution in [0.3, 0.4) is 0 Å². The first-order chi connectivity index (χ1) is 8.28. The van der Waals surface area contributed by atoms with Crippen LogP contribution in [0.15, 0.2) is 5.38 Å². The van der Waals surface area contributed by atoms with Crippen molar-refractivity contribution >= 4 is 11.3 Å². The van der Waals surface area contributed by atoms with Gasteiger partial charge in [-0.3, -0.25) is 0 Å². The molecular weight excluding hydrogens is 228 g/mol. The van der Waals surface area contributed by atoms with E-state index in [1.165, 1.54) is 49.2 Å². The third-order valence-corrected chi connectivity index (χ3v) is 4.64. The minimum absolute atomic E-state index is 0.744. The van der Waals surface area contributed by atoms with Crippen molar-refractivity contribution in [3.8, 4) is 0 Å². The predicted molar refractivity (Wildman–Crippen MR) is 74.6 cm³/mol. The molecular formula is C14H24N2S. The van der Waals surface area contributed by atoms with Gasteiger partial charge in [0.2, 0.25) is 0 Å². The predicted octanol–water partition coefficient (Wildman–Crippen LogP) is 3.55. The number of aromatic nitrogens is 1. The number of rotatable bonds is 4. The van der Waals surface area contributed by atoms with E-state index in [2.05, 4.69) is 29.5 Å². The summed E-state index contributed by atoms with van der Waals surface area (Å²) >= 11 is 1.83. The number of hydrogen-bond donors (Lipinski definition) is 1. The SMILES string of the molecule is CCNC1CCCCC(Cc2nc(C)cs2)C1. The highest BCUT2D eigenvalue weighted by Crippen LogP contribution is 2.27. The Kier molecular flexibility index (Phi) is 4.99. The van der Waals surface area contributed by atoms with Crippen LogP contribution in [0.1, 0.15) is 49.7 Å². The van der Waals surface area contributed by atoms with Crippen LogP contribution in [-0.4, -0.2) is 17.6 Å². The average molecular weight is 252 g/mol. The topological polar surface area (TPSA) is 24.9 Å². The van der Waals surface area contributed by atoms with Gasteiger partial charge >= 0.3 is 0 Å². The molecule has 1 fully saturated rings. The Balaban J connectivity index is 1.90. The zero-order valence-electron chi connectivity index (χ0n) is 11.0. The quantitative estimate of drug-likeness (QED) is 0.829. The van der Waals surface area contributed by atoms with E-state index in [0.29, 0.717) is 0 Å². The van der Waals surface area contributed by atoms with Gasteiger partial charge in [-0.25, -0.2) is 4.98 Å². The van der Waals surface area contributed by atoms with E-state index in [1.54, 1.807) is 0 Å². The lowest BCUT2D eigenvalue weighted by atomic mass is 9.95. The molecule has 0 amide bonds. The summed E-state index contributed by atoms with van der Waals surface area (Å²) < 4.78 is 0. The zero-order chi connectivity index (χ0) is 12.1. The second-order valence-corrected chi connectivity index (χ2v) is 6.17. The summed E-state index contributed by atoms with van der Waals surface area (Å²) in [4.78, 5) is 4.60. The molecule has 2 nitrogen and oxygen atoms in total. The molecule has 17 heavy (non-hydrogen) atoms. The first-order valence-corrected chi connectivity index (χ1v) is 7.80. The molecule has 0 spiro atoms. The molecule has 0 aliphatic heterocycles. The van der Waals surface area contributed by atoms with Crippen molar-refractivity contribution in [2.45, 2.75) is 58.4 Å². The normalized spacial score (nSPS) is 25.8. The molecule has 1 aromatic rings. The van der Waals surface area contributed by atoms with Crippen LogP contribution in [0, 0.1) is 12.8 Å². The van der Waals surface area contributed by atoms with Gasteiger partial charge in [0, 0.05) is 23.5 Å². The maximum Gasteiger partial charge on any atom is 0.0930 e. The lowest BCUT2D eigenvalue weighted by Crippen LogP contribution is -2.30. The molecule has 1 N–H and O–H groups in total. The monoisotopic (exact) mass is 252 g/mol. The second kappa shape index (κ2) is 6.50. The van der Waals surface area contributed by atoms with E-state index in [9.17, 15) is 0 Å². The maximum absolute atomic E-state index is 4.60. The van der Waals surface area contributed by atoms with E-state index in [4.69, 9.17) is 0 Å². The molecule has 0 bridgehead atoms. The lowest BCUT2D eigenvalue weighted by molar-refractivity contribution is 0.389. The minimum Gasteiger partial charge on any atom is -0.314 e. The van der Waals surface area contributed by atoms with Crippen LogP contribution in [-0.2, 0) is 6.42 Å². The van der Waals surface area contributed by atoms with Crippen LogP contribution >= 0.6 is 11.3 Å². The fourth-order valence-corrected chi connectivity index (χ4v) is 3.75. The van der Waals surface area contributed by atoms with Crippen LogP contribution in [0.4, 0.5) is 0 Å². The Hall–Kier alpha value is -0.410. The summed E-state index contributed by atoms with van der Waals surface area (Å²) in [6.07, 6.45) is 8.08. The Labute approximate surface area is 109 Å². The Bertz CT molecular complexity index is 335. The summed E-state index contributed by atoms with van der Waals surface area (Å²) in [6, 6.07) is 0.744. The molecule has 2 unspecified atom stereocenters. The molecule has 1 aliphatic carbocycles. The largest absolute Gasteiger partial charge is 0.314 e. The fourth-order valence-electron chi connectivity index (χ4n) is 2.86. The van der Waals surface area contributed by atoms with Gasteiger partial charge in [0.1, 0.15) is 0 Å². The molecule has 1 heterocycles. The van der Waals surface area contributed by atoms with Crippen LogP contribution in [0.2, 0.25) is 0 Å². The Morgan fingerprint density at radius 1 is 1.41 bits per heavy atom. The van der Waals surface area contributed by atoms with Crippen molar-refractivity contribution in [3.05, 3.63) is 16.1 Å². The van der Waals surface area contributed by atoms with Gasteiger partial charge in [-0.15, -0.1) is 11.3 Å². The van der Waals surface area contributed by atoms with E-state index in [-0.39, 0.29) is 0 Å². The number of nitrogens with zero attached hydrogens (tertiary/aromatic N) is 1. The van der Waals surface area contributed by atoms with Crippen molar-refractivity contribution in [3.63, 3.8) is 0 Å². The molecule has 0 radical (unpaired) electrons. The number of thiazole rings is 1. The molecule has 2 atom stereocenters. The van der Waals surface area contributed by atoms with Gasteiger partial charge in [-0.1, -0.05) is 19.8 Å². The van der Waals surface area contributed by atoms with Crippen molar-refractivity contribution in [1.29, 1.82) is 0 Å². The van der Waals surface area contributed by atoms with Crippen LogP contribution in [0.5, 0.6) is 0 Å². The highest BCUT2D eigenvalue weighted by atomic mass is 32.1. The number of aryl methyl sites for hydroxylation is 1. The van der Waals surface area contributed by atoms with E-state index in [0.717, 1.165) is 18.5 Å². The van der Waals surface area contributed by atoms with E-state index < -0.39 is 0 Å². The van der Waals surface area contributed by atoms with Gasteiger partial charge < -0.3 is 5.32 Å². The molecule has 96 valence electrons. The van der Waals surface area contributed by atoms with E-state index >= 15 is 0 Å². The molecule has 2 rings (SSSR count). The molecule has 1 saturated carbocycles. The number of hydrogen-bond acceptors (Lipinski definition) is 3. The van der Waals surface area contributed by atoms with Crippen molar-refractivity contribution in [1.82, 2.24) is 10.3 Å². The molecule has 1 aromatic heterocycles. The van der Waals surface area contributed by atoms with Crippen molar-refractivity contribution in [2.75, 3.05) is 6.54 Å². The standard InChI is InChI=1S/C14H24N2S/c1-3-15-13-7-5-4-6-12(8-13)9-14-16-11(2)10-17-14/h10,12-13,15H,3-9H2,1-2H3. The zero-order valence-corrected chi connectivity index (χ0v) is 11.9. The maximum atomic E-state index is 4.60. The third kappa shape index (κ3) is 4.07. The molecule has 0 saturated heterocycles. The first-order valence-electron chi connectivity index (χ1n) is 6.92. The van der Waals surface area contributed by atoms with Crippen molar-refractivity contribution < 1.29 is 0 Å². The van der Waals surface area contributed by atoms with Gasteiger partial charge in [0.25, 0.3) is 0 Å². The van der Waals surface area contributed by atoms with Gasteiger partial charge in [0.15, 0.2) is 0 Å². The minimum atomic E-state index is 0.744. The highest BCUT2D eigenvalue weighted by Gasteiger charge is 2.20. The first kappa shape index (κ1) is 13.0. The lowest BCUT2D eigenvalue weighted by Gasteiger charge is -2.19. The average Bonchev–Trinajstić information content (AvgIpc) is 2.58. The van der Waals surface area contributed by atoms with Gasteiger partial charge in [0.05, 0.1) is 5.01 Å². The summed E-state index contributed by atoms with van der Waals surface area (Å²) in [6.45, 7) is 5.41. The van der Waals surface area contributed by atoms with Crippen molar-refractivity contribution in [2.24, 2.45) is 5.92 Å². The number of nitrogens with one attached hydrogen (secondary N) is 1. The Morgan fingerprint density at radius 3 is 2.94 bits per heavy atom. The summed E-state index contributed by atoms with van der Waals surface area (Å²) in [5, 5.41) is 7.14. The Morgan fingerprint density at radius 2 is 2.24 bits per heavy atom. The molecule has 0 aromatic carbocycles. The van der Waals surface area contributed by atoms with E-state index in [1.807, 2.05) is 11.3 Å². The second-order valence-electron chi connectivity index (χ2n) is 5.23. The third-order valence-electron chi connectivity index (χ3n) is 3.66. The van der Waals surface area contributed by atoms with Gasteiger partial charge in [-0.2, -0.15) is 0 Å². The fraction of sp³-hybridized carbons (Fsp3) is 0.786. The summed E-state index contributed by atoms with van der Waals surface area (Å²) in [7, 11) is 0. The molecule has 1 aliphatic rings. The highest BCUT2D eigenvalue weighted by molar-refractivity contribution is 7.09. The van der Waals surface area contributed by atoms with Crippen LogP contribution in [0.25, 0.3) is 0 Å². The van der Waals surface area contributed by atoms with Crippen LogP contribution < -0.4 is 5.32 Å². The summed E-state index contributed by atoms with van der Waals surface area (Å²) in [5.74, 6) is 0.840. The van der Waals surface area contributed by atoms with Gasteiger partial charge in [-0.05, 0) is 38.6 Å². The summed E-state index contributed by atoms with van der Waals surface area (Å²) in [5.41, 5.74) is 1.18.